The number of hydrogen-bond acceptors (Lipinski definition) is 8. The van der Waals surface area contributed by atoms with E-state index in [1.54, 1.807) is 39.8 Å². The first-order valence-electron chi connectivity index (χ1n) is 10.6. The average molecular weight is 486 g/mol. The molecule has 3 aromatic rings. The standard InChI is InChI=1S/C24H24FN3O5S/c1-5-32-22(30)18-11-12-19(26-14(18)3)21(29)28(13-16-7-9-17(25)10-8-16)24-27-15(4)20(34-24)23(31)33-6-2/h7-12H,5-6,13H2,1-4H3. The second-order valence-corrected chi connectivity index (χ2v) is 8.18. The van der Waals surface area contributed by atoms with Gasteiger partial charge in [-0.3, -0.25) is 9.69 Å². The van der Waals surface area contributed by atoms with Crippen molar-refractivity contribution in [3.8, 4) is 0 Å². The minimum Gasteiger partial charge on any atom is -0.462 e. The largest absolute Gasteiger partial charge is 0.462 e. The summed E-state index contributed by atoms with van der Waals surface area (Å²) in [4.78, 5) is 48.3. The number of amides is 1. The van der Waals surface area contributed by atoms with E-state index in [1.807, 2.05) is 0 Å². The lowest BCUT2D eigenvalue weighted by molar-refractivity contribution is 0.0517. The Morgan fingerprint density at radius 2 is 1.56 bits per heavy atom. The van der Waals surface area contributed by atoms with E-state index in [0.29, 0.717) is 17.0 Å². The van der Waals surface area contributed by atoms with Crippen molar-refractivity contribution in [2.75, 3.05) is 18.1 Å². The fourth-order valence-corrected chi connectivity index (χ4v) is 4.08. The maximum Gasteiger partial charge on any atom is 0.350 e. The molecule has 2 aromatic heterocycles. The van der Waals surface area contributed by atoms with Gasteiger partial charge in [0.15, 0.2) is 5.13 Å². The number of carbonyl (C=O) groups is 3. The molecule has 0 unspecified atom stereocenters. The third-order valence-corrected chi connectivity index (χ3v) is 5.94. The summed E-state index contributed by atoms with van der Waals surface area (Å²) < 4.78 is 23.5. The van der Waals surface area contributed by atoms with Crippen LogP contribution in [0, 0.1) is 19.7 Å². The zero-order valence-corrected chi connectivity index (χ0v) is 20.1. The average Bonchev–Trinajstić information content (AvgIpc) is 3.19. The molecule has 0 N–H and O–H groups in total. The zero-order chi connectivity index (χ0) is 24.8. The molecule has 0 bridgehead atoms. The predicted octanol–water partition coefficient (Wildman–Crippen LogP) is 4.49. The van der Waals surface area contributed by atoms with Gasteiger partial charge in [0, 0.05) is 0 Å². The summed E-state index contributed by atoms with van der Waals surface area (Å²) >= 11 is 1.02. The molecule has 8 nitrogen and oxygen atoms in total. The Labute approximate surface area is 200 Å². The molecule has 0 fully saturated rings. The number of aryl methyl sites for hydroxylation is 2. The van der Waals surface area contributed by atoms with Gasteiger partial charge in [-0.2, -0.15) is 0 Å². The molecule has 1 amide bonds. The lowest BCUT2D eigenvalue weighted by atomic mass is 10.1. The number of pyridine rings is 1. The maximum absolute atomic E-state index is 13.5. The molecule has 0 atom stereocenters. The number of rotatable bonds is 8. The summed E-state index contributed by atoms with van der Waals surface area (Å²) in [6.07, 6.45) is 0. The van der Waals surface area contributed by atoms with Crippen LogP contribution in [-0.4, -0.2) is 41.0 Å². The Morgan fingerprint density at radius 1 is 0.912 bits per heavy atom. The van der Waals surface area contributed by atoms with Crippen LogP contribution in [0.25, 0.3) is 0 Å². The van der Waals surface area contributed by atoms with Crippen LogP contribution in [0.2, 0.25) is 0 Å². The fourth-order valence-electron chi connectivity index (χ4n) is 3.13. The number of thiazole rings is 1. The summed E-state index contributed by atoms with van der Waals surface area (Å²) in [6.45, 7) is 7.16. The van der Waals surface area contributed by atoms with E-state index in [2.05, 4.69) is 9.97 Å². The number of ether oxygens (including phenoxy) is 2. The molecule has 0 saturated carbocycles. The summed E-state index contributed by atoms with van der Waals surface area (Å²) in [5.41, 5.74) is 1.77. The quantitative estimate of drug-likeness (QED) is 0.433. The van der Waals surface area contributed by atoms with Gasteiger partial charge in [0.25, 0.3) is 5.91 Å². The Balaban J connectivity index is 2.00. The normalized spacial score (nSPS) is 10.6. The molecular formula is C24H24FN3O5S. The van der Waals surface area contributed by atoms with Gasteiger partial charge < -0.3 is 9.47 Å². The zero-order valence-electron chi connectivity index (χ0n) is 19.3. The van der Waals surface area contributed by atoms with Crippen LogP contribution < -0.4 is 4.90 Å². The number of anilines is 1. The number of hydrogen-bond donors (Lipinski definition) is 0. The molecule has 0 radical (unpaired) electrons. The highest BCUT2D eigenvalue weighted by Gasteiger charge is 2.26. The highest BCUT2D eigenvalue weighted by molar-refractivity contribution is 7.17. The molecule has 1 aromatic carbocycles. The Morgan fingerprint density at radius 3 is 2.18 bits per heavy atom. The van der Waals surface area contributed by atoms with Crippen molar-refractivity contribution < 1.29 is 28.2 Å². The fraction of sp³-hybridized carbons (Fsp3) is 0.292. The SMILES string of the molecule is CCOC(=O)c1ccc(C(=O)N(Cc2ccc(F)cc2)c2nc(C)c(C(=O)OCC)s2)nc1C. The van der Waals surface area contributed by atoms with Crippen LogP contribution in [0.1, 0.15) is 61.3 Å². The number of benzene rings is 1. The molecule has 0 aliphatic rings. The topological polar surface area (TPSA) is 98.7 Å². The second-order valence-electron chi connectivity index (χ2n) is 7.20. The molecule has 3 rings (SSSR count). The van der Waals surface area contributed by atoms with Gasteiger partial charge in [0.2, 0.25) is 0 Å². The van der Waals surface area contributed by atoms with Crippen LogP contribution in [0.5, 0.6) is 0 Å². The van der Waals surface area contributed by atoms with Gasteiger partial charge in [-0.15, -0.1) is 0 Å². The van der Waals surface area contributed by atoms with Gasteiger partial charge in [-0.25, -0.2) is 23.9 Å². The van der Waals surface area contributed by atoms with Crippen molar-refractivity contribution in [3.63, 3.8) is 0 Å². The molecule has 0 aliphatic heterocycles. The molecule has 34 heavy (non-hydrogen) atoms. The minimum atomic E-state index is -0.524. The van der Waals surface area contributed by atoms with Crippen LogP contribution >= 0.6 is 11.3 Å². The first-order chi connectivity index (χ1) is 16.2. The van der Waals surface area contributed by atoms with Crippen LogP contribution in [0.4, 0.5) is 9.52 Å². The molecule has 10 heteroatoms. The van der Waals surface area contributed by atoms with E-state index in [9.17, 15) is 18.8 Å². The third kappa shape index (κ3) is 5.63. The van der Waals surface area contributed by atoms with E-state index in [1.165, 1.54) is 29.2 Å². The number of halogens is 1. The molecule has 178 valence electrons. The summed E-state index contributed by atoms with van der Waals surface area (Å²) in [5, 5.41) is 0.267. The summed E-state index contributed by atoms with van der Waals surface area (Å²) in [7, 11) is 0. The number of aromatic nitrogens is 2. The molecule has 0 saturated heterocycles. The van der Waals surface area contributed by atoms with E-state index >= 15 is 0 Å². The number of nitrogens with zero attached hydrogens (tertiary/aromatic N) is 3. The Bertz CT molecular complexity index is 1210. The molecular weight excluding hydrogens is 461 g/mol. The van der Waals surface area contributed by atoms with E-state index in [-0.39, 0.29) is 41.0 Å². The van der Waals surface area contributed by atoms with Crippen molar-refractivity contribution in [2.24, 2.45) is 0 Å². The van der Waals surface area contributed by atoms with Gasteiger partial charge in [0.1, 0.15) is 16.4 Å². The smallest absolute Gasteiger partial charge is 0.350 e. The molecule has 2 heterocycles. The van der Waals surface area contributed by atoms with Crippen molar-refractivity contribution in [1.29, 1.82) is 0 Å². The molecule has 0 spiro atoms. The summed E-state index contributed by atoms with van der Waals surface area (Å²) in [5.74, 6) is -1.94. The van der Waals surface area contributed by atoms with Gasteiger partial charge in [-0.1, -0.05) is 23.5 Å². The maximum atomic E-state index is 13.5. The predicted molar refractivity (Wildman–Crippen MR) is 125 cm³/mol. The minimum absolute atomic E-state index is 0.0642. The monoisotopic (exact) mass is 485 g/mol. The van der Waals surface area contributed by atoms with E-state index in [0.717, 1.165) is 11.3 Å². The first-order valence-corrected chi connectivity index (χ1v) is 11.4. The van der Waals surface area contributed by atoms with Crippen molar-refractivity contribution in [2.45, 2.75) is 34.2 Å². The first kappa shape index (κ1) is 25.0. The van der Waals surface area contributed by atoms with Gasteiger partial charge >= 0.3 is 11.9 Å². The van der Waals surface area contributed by atoms with Crippen LogP contribution in [0.15, 0.2) is 36.4 Å². The van der Waals surface area contributed by atoms with Crippen LogP contribution in [-0.2, 0) is 16.0 Å². The van der Waals surface area contributed by atoms with Gasteiger partial charge in [0.05, 0.1) is 36.7 Å². The highest BCUT2D eigenvalue weighted by atomic mass is 32.1. The number of carbonyl (C=O) groups excluding carboxylic acids is 3. The van der Waals surface area contributed by atoms with E-state index < -0.39 is 23.7 Å². The van der Waals surface area contributed by atoms with Crippen molar-refractivity contribution in [3.05, 3.63) is 75.3 Å². The lowest BCUT2D eigenvalue weighted by Gasteiger charge is -2.20. The van der Waals surface area contributed by atoms with E-state index in [4.69, 9.17) is 9.47 Å². The Kier molecular flexibility index (Phi) is 8.06. The van der Waals surface area contributed by atoms with Crippen molar-refractivity contribution in [1.82, 2.24) is 9.97 Å². The molecule has 0 aliphatic carbocycles. The van der Waals surface area contributed by atoms with Crippen molar-refractivity contribution >= 4 is 34.3 Å². The van der Waals surface area contributed by atoms with Gasteiger partial charge in [-0.05, 0) is 57.5 Å². The second kappa shape index (κ2) is 11.0. The summed E-state index contributed by atoms with van der Waals surface area (Å²) in [6, 6.07) is 8.64. The lowest BCUT2D eigenvalue weighted by Crippen LogP contribution is -2.31. The van der Waals surface area contributed by atoms with Crippen LogP contribution in [0.3, 0.4) is 0 Å². The highest BCUT2D eigenvalue weighted by Crippen LogP contribution is 2.29. The number of esters is 2. The third-order valence-electron chi connectivity index (χ3n) is 4.78. The Hall–Kier alpha value is -3.66.